The standard InChI is InChI=1S/C16H32N2O2S/c1-11(2)14(10-17-15(19)20-16(4,5)6)18-13-8-7-9-21-12(13)3/h11-14,18H,7-10H2,1-6H3,(H,17,19). The second kappa shape index (κ2) is 8.28. The first-order chi connectivity index (χ1) is 9.69. The highest BCUT2D eigenvalue weighted by Crippen LogP contribution is 2.25. The summed E-state index contributed by atoms with van der Waals surface area (Å²) in [5.74, 6) is 1.74. The van der Waals surface area contributed by atoms with Crippen LogP contribution in [0.3, 0.4) is 0 Å². The lowest BCUT2D eigenvalue weighted by Crippen LogP contribution is -2.52. The van der Waals surface area contributed by atoms with Crippen LogP contribution in [0.4, 0.5) is 4.79 Å². The summed E-state index contributed by atoms with van der Waals surface area (Å²) in [5, 5.41) is 7.27. The Balaban J connectivity index is 2.44. The summed E-state index contributed by atoms with van der Waals surface area (Å²) in [5.41, 5.74) is -0.445. The van der Waals surface area contributed by atoms with Crippen LogP contribution in [0.5, 0.6) is 0 Å². The van der Waals surface area contributed by atoms with Crippen molar-refractivity contribution in [3.8, 4) is 0 Å². The lowest BCUT2D eigenvalue weighted by Gasteiger charge is -2.34. The van der Waals surface area contributed by atoms with Crippen molar-refractivity contribution in [3.63, 3.8) is 0 Å². The number of nitrogens with one attached hydrogen (secondary N) is 2. The molecule has 3 atom stereocenters. The number of amides is 1. The Bertz CT molecular complexity index is 329. The minimum Gasteiger partial charge on any atom is -0.444 e. The van der Waals surface area contributed by atoms with Gasteiger partial charge in [-0.2, -0.15) is 11.8 Å². The van der Waals surface area contributed by atoms with Crippen LogP contribution in [0.2, 0.25) is 0 Å². The molecule has 1 amide bonds. The molecule has 0 spiro atoms. The SMILES string of the molecule is CC(C)C(CNC(=O)OC(C)(C)C)NC1CCCSC1C. The van der Waals surface area contributed by atoms with Crippen molar-refractivity contribution in [2.45, 2.75) is 77.3 Å². The normalized spacial score (nSPS) is 24.7. The second-order valence-corrected chi connectivity index (χ2v) is 8.71. The van der Waals surface area contributed by atoms with Gasteiger partial charge in [0.15, 0.2) is 0 Å². The van der Waals surface area contributed by atoms with Gasteiger partial charge in [-0.3, -0.25) is 0 Å². The molecule has 1 aliphatic rings. The van der Waals surface area contributed by atoms with E-state index in [0.29, 0.717) is 23.8 Å². The molecule has 1 rings (SSSR count). The molecule has 124 valence electrons. The maximum absolute atomic E-state index is 11.8. The molecule has 3 unspecified atom stereocenters. The van der Waals surface area contributed by atoms with Crippen molar-refractivity contribution in [3.05, 3.63) is 0 Å². The van der Waals surface area contributed by atoms with Crippen LogP contribution >= 0.6 is 11.8 Å². The second-order valence-electron chi connectivity index (χ2n) is 7.22. The largest absolute Gasteiger partial charge is 0.444 e. The Morgan fingerprint density at radius 2 is 2.05 bits per heavy atom. The van der Waals surface area contributed by atoms with E-state index in [1.807, 2.05) is 32.5 Å². The van der Waals surface area contributed by atoms with Crippen molar-refractivity contribution >= 4 is 17.9 Å². The Labute approximate surface area is 134 Å². The van der Waals surface area contributed by atoms with Crippen molar-refractivity contribution in [2.75, 3.05) is 12.3 Å². The van der Waals surface area contributed by atoms with Gasteiger partial charge >= 0.3 is 6.09 Å². The Kier molecular flexibility index (Phi) is 7.34. The van der Waals surface area contributed by atoms with Gasteiger partial charge in [0.25, 0.3) is 0 Å². The summed E-state index contributed by atoms with van der Waals surface area (Å²) >= 11 is 2.04. The maximum Gasteiger partial charge on any atom is 0.407 e. The number of carbonyl (C=O) groups is 1. The predicted octanol–water partition coefficient (Wildman–Crippen LogP) is 3.41. The van der Waals surface area contributed by atoms with Gasteiger partial charge < -0.3 is 15.4 Å². The van der Waals surface area contributed by atoms with Gasteiger partial charge in [-0.25, -0.2) is 4.79 Å². The number of carbonyl (C=O) groups excluding carboxylic acids is 1. The van der Waals surface area contributed by atoms with Gasteiger partial charge in [0.2, 0.25) is 0 Å². The summed E-state index contributed by atoms with van der Waals surface area (Å²) < 4.78 is 5.30. The average molecular weight is 317 g/mol. The molecule has 5 heteroatoms. The van der Waals surface area contributed by atoms with Crippen molar-refractivity contribution in [1.29, 1.82) is 0 Å². The smallest absolute Gasteiger partial charge is 0.407 e. The van der Waals surface area contributed by atoms with Crippen LogP contribution < -0.4 is 10.6 Å². The third-order valence-corrected chi connectivity index (χ3v) is 5.08. The van der Waals surface area contributed by atoms with Gasteiger partial charge in [-0.1, -0.05) is 20.8 Å². The summed E-state index contributed by atoms with van der Waals surface area (Å²) in [6, 6.07) is 0.820. The van der Waals surface area contributed by atoms with E-state index in [9.17, 15) is 4.79 Å². The zero-order valence-corrected chi connectivity index (χ0v) is 15.2. The monoisotopic (exact) mass is 316 g/mol. The van der Waals surface area contributed by atoms with E-state index in [0.717, 1.165) is 0 Å². The van der Waals surface area contributed by atoms with Crippen LogP contribution in [0, 0.1) is 5.92 Å². The average Bonchev–Trinajstić information content (AvgIpc) is 2.34. The number of hydrogen-bond acceptors (Lipinski definition) is 4. The van der Waals surface area contributed by atoms with Gasteiger partial charge in [0.05, 0.1) is 0 Å². The summed E-state index contributed by atoms with van der Waals surface area (Å²) in [6.07, 6.45) is 2.17. The molecular formula is C16H32N2O2S. The quantitative estimate of drug-likeness (QED) is 0.816. The molecule has 0 aromatic rings. The molecule has 21 heavy (non-hydrogen) atoms. The van der Waals surface area contributed by atoms with Crippen LogP contribution in [0.1, 0.15) is 54.4 Å². The van der Waals surface area contributed by atoms with Crippen molar-refractivity contribution in [2.24, 2.45) is 5.92 Å². The molecule has 1 saturated heterocycles. The maximum atomic E-state index is 11.8. The topological polar surface area (TPSA) is 50.4 Å². The predicted molar refractivity (Wildman–Crippen MR) is 90.9 cm³/mol. The third-order valence-electron chi connectivity index (χ3n) is 3.70. The van der Waals surface area contributed by atoms with Gasteiger partial charge in [0.1, 0.15) is 5.60 Å². The number of alkyl carbamates (subject to hydrolysis) is 1. The summed E-state index contributed by atoms with van der Waals surface area (Å²) in [4.78, 5) is 11.8. The zero-order valence-electron chi connectivity index (χ0n) is 14.4. The molecule has 2 N–H and O–H groups in total. The van der Waals surface area contributed by atoms with Crippen LogP contribution in [-0.2, 0) is 4.74 Å². The fraction of sp³-hybridized carbons (Fsp3) is 0.938. The molecule has 1 fully saturated rings. The Morgan fingerprint density at radius 3 is 2.57 bits per heavy atom. The van der Waals surface area contributed by atoms with Crippen molar-refractivity contribution < 1.29 is 9.53 Å². The first-order valence-corrected chi connectivity index (χ1v) is 9.08. The summed E-state index contributed by atoms with van der Waals surface area (Å²) in [7, 11) is 0. The highest BCUT2D eigenvalue weighted by molar-refractivity contribution is 7.99. The van der Waals surface area contributed by atoms with Crippen LogP contribution in [0.25, 0.3) is 0 Å². The first-order valence-electron chi connectivity index (χ1n) is 8.03. The molecule has 0 bridgehead atoms. The van der Waals surface area contributed by atoms with E-state index >= 15 is 0 Å². The number of thioether (sulfide) groups is 1. The lowest BCUT2D eigenvalue weighted by molar-refractivity contribution is 0.0518. The Hall–Kier alpha value is -0.420. The number of hydrogen-bond donors (Lipinski definition) is 2. The van der Waals surface area contributed by atoms with E-state index in [2.05, 4.69) is 31.4 Å². The van der Waals surface area contributed by atoms with Gasteiger partial charge in [-0.05, 0) is 45.3 Å². The first kappa shape index (κ1) is 18.6. The molecule has 0 aromatic carbocycles. The minimum atomic E-state index is -0.445. The molecule has 0 aromatic heterocycles. The Morgan fingerprint density at radius 1 is 1.38 bits per heavy atom. The molecule has 4 nitrogen and oxygen atoms in total. The van der Waals surface area contributed by atoms with E-state index < -0.39 is 5.60 Å². The van der Waals surface area contributed by atoms with E-state index in [1.54, 1.807) is 0 Å². The molecule has 0 aliphatic carbocycles. The fourth-order valence-electron chi connectivity index (χ4n) is 2.41. The fourth-order valence-corrected chi connectivity index (χ4v) is 3.56. The third kappa shape index (κ3) is 7.41. The molecule has 0 saturated carbocycles. The number of rotatable bonds is 5. The van der Waals surface area contributed by atoms with E-state index in [-0.39, 0.29) is 12.1 Å². The van der Waals surface area contributed by atoms with Crippen LogP contribution in [0.15, 0.2) is 0 Å². The highest BCUT2D eigenvalue weighted by atomic mass is 32.2. The van der Waals surface area contributed by atoms with Gasteiger partial charge in [-0.15, -0.1) is 0 Å². The highest BCUT2D eigenvalue weighted by Gasteiger charge is 2.26. The van der Waals surface area contributed by atoms with Crippen LogP contribution in [-0.4, -0.2) is 41.3 Å². The van der Waals surface area contributed by atoms with E-state index in [4.69, 9.17) is 4.74 Å². The summed E-state index contributed by atoms with van der Waals surface area (Å²) in [6.45, 7) is 12.9. The molecular weight excluding hydrogens is 284 g/mol. The van der Waals surface area contributed by atoms with E-state index in [1.165, 1.54) is 18.6 Å². The zero-order chi connectivity index (χ0) is 16.0. The molecule has 1 aliphatic heterocycles. The lowest BCUT2D eigenvalue weighted by atomic mass is 10.0. The molecule has 0 radical (unpaired) electrons. The van der Waals surface area contributed by atoms with Crippen molar-refractivity contribution in [1.82, 2.24) is 10.6 Å². The van der Waals surface area contributed by atoms with Gasteiger partial charge in [0, 0.05) is 23.9 Å². The molecule has 1 heterocycles. The number of ether oxygens (including phenoxy) is 1. The minimum absolute atomic E-state index is 0.281.